The van der Waals surface area contributed by atoms with E-state index in [1.165, 1.54) is 13.0 Å². The second-order valence-electron chi connectivity index (χ2n) is 6.36. The number of anilines is 1. The van der Waals surface area contributed by atoms with Gasteiger partial charge in [0, 0.05) is 12.0 Å². The number of carbonyl (C=O) groups excluding carboxylic acids is 1. The van der Waals surface area contributed by atoms with Crippen LogP contribution in [0, 0.1) is 6.92 Å². The molecule has 2 aromatic carbocycles. The van der Waals surface area contributed by atoms with Crippen LogP contribution in [0.3, 0.4) is 0 Å². The van der Waals surface area contributed by atoms with Gasteiger partial charge in [-0.15, -0.1) is 0 Å². The third kappa shape index (κ3) is 3.06. The summed E-state index contributed by atoms with van der Waals surface area (Å²) in [6.07, 6.45) is -0.830. The van der Waals surface area contributed by atoms with Crippen LogP contribution in [-0.2, 0) is 4.74 Å². The van der Waals surface area contributed by atoms with Crippen LogP contribution in [0.1, 0.15) is 22.8 Å². The smallest absolute Gasteiger partial charge is 0.411 e. The van der Waals surface area contributed by atoms with Crippen LogP contribution in [0.4, 0.5) is 10.5 Å². The molecule has 0 spiro atoms. The Bertz CT molecular complexity index is 1040. The first-order valence-corrected chi connectivity index (χ1v) is 8.50. The molecular formula is C21H17NO5. The minimum atomic E-state index is -0.832. The Labute approximate surface area is 155 Å². The molecule has 0 unspecified atom stereocenters. The summed E-state index contributed by atoms with van der Waals surface area (Å²) >= 11 is 0. The van der Waals surface area contributed by atoms with E-state index in [9.17, 15) is 14.7 Å². The van der Waals surface area contributed by atoms with Crippen LogP contribution >= 0.6 is 0 Å². The first-order valence-electron chi connectivity index (χ1n) is 8.50. The highest BCUT2D eigenvalue weighted by molar-refractivity contribution is 5.86. The molecule has 0 atom stereocenters. The van der Waals surface area contributed by atoms with Gasteiger partial charge in [0.05, 0.1) is 0 Å². The Morgan fingerprint density at radius 2 is 1.70 bits per heavy atom. The monoisotopic (exact) mass is 363 g/mol. The van der Waals surface area contributed by atoms with E-state index in [2.05, 4.69) is 5.32 Å². The highest BCUT2D eigenvalue weighted by Gasteiger charge is 2.29. The number of nitrogens with one attached hydrogen (secondary N) is 1. The largest absolute Gasteiger partial charge is 0.505 e. The van der Waals surface area contributed by atoms with Gasteiger partial charge in [-0.3, -0.25) is 5.32 Å². The van der Waals surface area contributed by atoms with E-state index in [1.807, 2.05) is 48.5 Å². The van der Waals surface area contributed by atoms with Crippen LogP contribution in [0.2, 0.25) is 0 Å². The van der Waals surface area contributed by atoms with E-state index >= 15 is 0 Å². The second kappa shape index (κ2) is 6.64. The van der Waals surface area contributed by atoms with Gasteiger partial charge in [-0.1, -0.05) is 48.5 Å². The lowest BCUT2D eigenvalue weighted by Crippen LogP contribution is -2.21. The standard InChI is InChI=1S/C21H17NO5/c1-12-10-18(23)19(20(24)27-12)22-21(25)26-11-17-15-8-4-2-6-13(15)14-7-3-5-9-16(14)17/h2-10,17,23H,11H2,1H3,(H,22,25). The van der Waals surface area contributed by atoms with E-state index < -0.39 is 11.7 Å². The van der Waals surface area contributed by atoms with Gasteiger partial charge in [-0.25, -0.2) is 9.59 Å². The topological polar surface area (TPSA) is 88.8 Å². The summed E-state index contributed by atoms with van der Waals surface area (Å²) < 4.78 is 10.2. The first kappa shape index (κ1) is 16.9. The van der Waals surface area contributed by atoms with E-state index in [0.29, 0.717) is 0 Å². The van der Waals surface area contributed by atoms with Crippen molar-refractivity contribution in [1.82, 2.24) is 0 Å². The highest BCUT2D eigenvalue weighted by atomic mass is 16.5. The van der Waals surface area contributed by atoms with Crippen molar-refractivity contribution in [1.29, 1.82) is 0 Å². The van der Waals surface area contributed by atoms with E-state index in [-0.39, 0.29) is 29.7 Å². The fourth-order valence-electron chi connectivity index (χ4n) is 3.45. The molecule has 0 bridgehead atoms. The molecule has 1 aliphatic rings. The average Bonchev–Trinajstić information content (AvgIpc) is 2.97. The number of ether oxygens (including phenoxy) is 1. The number of hydrogen-bond acceptors (Lipinski definition) is 5. The van der Waals surface area contributed by atoms with Crippen molar-refractivity contribution in [3.05, 3.63) is 81.9 Å². The minimum absolute atomic E-state index is 0.0915. The quantitative estimate of drug-likeness (QED) is 0.734. The van der Waals surface area contributed by atoms with Crippen molar-refractivity contribution in [3.8, 4) is 16.9 Å². The summed E-state index contributed by atoms with van der Waals surface area (Å²) in [5.41, 5.74) is 3.25. The van der Waals surface area contributed by atoms with Crippen molar-refractivity contribution in [2.45, 2.75) is 12.8 Å². The van der Waals surface area contributed by atoms with Crippen LogP contribution in [0.15, 0.2) is 63.8 Å². The summed E-state index contributed by atoms with van der Waals surface area (Å²) in [5.74, 6) is -0.209. The number of carbonyl (C=O) groups is 1. The Morgan fingerprint density at radius 3 is 2.30 bits per heavy atom. The lowest BCUT2D eigenvalue weighted by atomic mass is 9.98. The Balaban J connectivity index is 1.53. The van der Waals surface area contributed by atoms with Gasteiger partial charge in [0.25, 0.3) is 0 Å². The average molecular weight is 363 g/mol. The summed E-state index contributed by atoms with van der Waals surface area (Å²) in [4.78, 5) is 23.9. The number of hydrogen-bond donors (Lipinski definition) is 2. The maximum atomic E-state index is 12.2. The fourth-order valence-corrected chi connectivity index (χ4v) is 3.45. The molecule has 1 aromatic heterocycles. The lowest BCUT2D eigenvalue weighted by molar-refractivity contribution is 0.158. The molecule has 0 saturated heterocycles. The Kier molecular flexibility index (Phi) is 4.16. The minimum Gasteiger partial charge on any atom is -0.505 e. The van der Waals surface area contributed by atoms with Gasteiger partial charge < -0.3 is 14.3 Å². The fraction of sp³-hybridized carbons (Fsp3) is 0.143. The lowest BCUT2D eigenvalue weighted by Gasteiger charge is -2.14. The predicted octanol–water partition coefficient (Wildman–Crippen LogP) is 4.01. The van der Waals surface area contributed by atoms with Crippen molar-refractivity contribution < 1.29 is 19.1 Å². The molecule has 6 nitrogen and oxygen atoms in total. The molecule has 0 radical (unpaired) electrons. The summed E-state index contributed by atoms with van der Waals surface area (Å²) in [5, 5.41) is 12.1. The Hall–Kier alpha value is -3.54. The number of amides is 1. The van der Waals surface area contributed by atoms with Gasteiger partial charge in [0.1, 0.15) is 18.1 Å². The molecular weight excluding hydrogens is 346 g/mol. The molecule has 6 heteroatoms. The predicted molar refractivity (Wildman–Crippen MR) is 100 cm³/mol. The van der Waals surface area contributed by atoms with Gasteiger partial charge in [-0.2, -0.15) is 0 Å². The normalized spacial score (nSPS) is 12.3. The molecule has 0 fully saturated rings. The Morgan fingerprint density at radius 1 is 1.11 bits per heavy atom. The molecule has 1 aliphatic carbocycles. The number of aromatic hydroxyl groups is 1. The molecule has 2 N–H and O–H groups in total. The van der Waals surface area contributed by atoms with E-state index in [1.54, 1.807) is 0 Å². The molecule has 4 rings (SSSR count). The zero-order valence-electron chi connectivity index (χ0n) is 14.6. The second-order valence-corrected chi connectivity index (χ2v) is 6.36. The molecule has 136 valence electrons. The van der Waals surface area contributed by atoms with Gasteiger partial charge in [0.15, 0.2) is 5.69 Å². The maximum Gasteiger partial charge on any atom is 0.411 e. The number of benzene rings is 2. The van der Waals surface area contributed by atoms with Crippen molar-refractivity contribution >= 4 is 11.8 Å². The SMILES string of the molecule is Cc1cc(O)c(NC(=O)OCC2c3ccccc3-c3ccccc32)c(=O)o1. The number of fused-ring (bicyclic) bond motifs is 3. The van der Waals surface area contributed by atoms with E-state index in [4.69, 9.17) is 9.15 Å². The van der Waals surface area contributed by atoms with Crippen molar-refractivity contribution in [2.24, 2.45) is 0 Å². The summed E-state index contributed by atoms with van der Waals surface area (Å²) in [7, 11) is 0. The van der Waals surface area contributed by atoms with E-state index in [0.717, 1.165) is 22.3 Å². The van der Waals surface area contributed by atoms with Gasteiger partial charge in [-0.05, 0) is 29.2 Å². The highest BCUT2D eigenvalue weighted by Crippen LogP contribution is 2.44. The summed E-state index contributed by atoms with van der Waals surface area (Å²) in [6.45, 7) is 1.63. The summed E-state index contributed by atoms with van der Waals surface area (Å²) in [6, 6.07) is 17.2. The molecule has 27 heavy (non-hydrogen) atoms. The third-order valence-electron chi connectivity index (χ3n) is 4.62. The number of rotatable bonds is 3. The van der Waals surface area contributed by atoms with Crippen LogP contribution < -0.4 is 10.9 Å². The first-order chi connectivity index (χ1) is 13.0. The van der Waals surface area contributed by atoms with Crippen LogP contribution in [-0.4, -0.2) is 17.8 Å². The third-order valence-corrected chi connectivity index (χ3v) is 4.62. The molecule has 0 aliphatic heterocycles. The van der Waals surface area contributed by atoms with Gasteiger partial charge >= 0.3 is 11.7 Å². The zero-order valence-corrected chi connectivity index (χ0v) is 14.6. The van der Waals surface area contributed by atoms with Crippen LogP contribution in [0.5, 0.6) is 5.75 Å². The van der Waals surface area contributed by atoms with Crippen LogP contribution in [0.25, 0.3) is 11.1 Å². The zero-order chi connectivity index (χ0) is 19.0. The maximum absolute atomic E-state index is 12.2. The molecule has 1 amide bonds. The molecule has 3 aromatic rings. The van der Waals surface area contributed by atoms with Crippen molar-refractivity contribution in [2.75, 3.05) is 11.9 Å². The van der Waals surface area contributed by atoms with Crippen molar-refractivity contribution in [3.63, 3.8) is 0 Å². The van der Waals surface area contributed by atoms with Gasteiger partial charge in [0.2, 0.25) is 0 Å². The number of aryl methyl sites for hydroxylation is 1. The molecule has 1 heterocycles. The molecule has 0 saturated carbocycles.